The van der Waals surface area contributed by atoms with Gasteiger partial charge < -0.3 is 13.7 Å². The maximum Gasteiger partial charge on any atom is 0.0562 e. The van der Waals surface area contributed by atoms with Gasteiger partial charge in [-0.3, -0.25) is 0 Å². The summed E-state index contributed by atoms with van der Waals surface area (Å²) in [6, 6.07) is 64.3. The van der Waals surface area contributed by atoms with Gasteiger partial charge in [0, 0.05) is 43.7 Å². The predicted molar refractivity (Wildman–Crippen MR) is 207 cm³/mol. The van der Waals surface area contributed by atoms with Crippen LogP contribution in [0.3, 0.4) is 0 Å². The Morgan fingerprint density at radius 2 is 0.735 bits per heavy atom. The monoisotopic (exact) mass is 623 g/mol. The molecule has 3 nitrogen and oxygen atoms in total. The van der Waals surface area contributed by atoms with Gasteiger partial charge in [-0.1, -0.05) is 115 Å². The summed E-state index contributed by atoms with van der Waals surface area (Å²) in [5, 5.41) is 10.0. The molecular formula is C46H29N3. The maximum absolute atomic E-state index is 2.45. The molecule has 11 rings (SSSR count). The van der Waals surface area contributed by atoms with E-state index in [1.54, 1.807) is 0 Å². The molecule has 0 radical (unpaired) electrons. The summed E-state index contributed by atoms with van der Waals surface area (Å²) in [6.45, 7) is 0. The van der Waals surface area contributed by atoms with E-state index in [2.05, 4.69) is 190 Å². The van der Waals surface area contributed by atoms with Crippen LogP contribution in [0.4, 0.5) is 0 Å². The molecule has 0 unspecified atom stereocenters. The van der Waals surface area contributed by atoms with Gasteiger partial charge >= 0.3 is 0 Å². The Balaban J connectivity index is 1.22. The van der Waals surface area contributed by atoms with Crippen LogP contribution in [0.5, 0.6) is 0 Å². The minimum absolute atomic E-state index is 1.14. The quantitative estimate of drug-likeness (QED) is 0.186. The van der Waals surface area contributed by atoms with Crippen LogP contribution in [-0.2, 0) is 0 Å². The van der Waals surface area contributed by atoms with E-state index in [1.165, 1.54) is 81.9 Å². The lowest BCUT2D eigenvalue weighted by Gasteiger charge is -2.13. The Morgan fingerprint density at radius 3 is 1.43 bits per heavy atom. The fourth-order valence-electron chi connectivity index (χ4n) is 8.34. The van der Waals surface area contributed by atoms with E-state index in [0.29, 0.717) is 0 Å². The number of hydrogen-bond acceptors (Lipinski definition) is 0. The number of aromatic nitrogens is 3. The molecule has 0 N–H and O–H groups in total. The third-order valence-electron chi connectivity index (χ3n) is 10.4. The molecule has 0 atom stereocenters. The van der Waals surface area contributed by atoms with Crippen molar-refractivity contribution in [2.24, 2.45) is 0 Å². The van der Waals surface area contributed by atoms with Crippen molar-refractivity contribution in [1.82, 2.24) is 13.7 Å². The smallest absolute Gasteiger partial charge is 0.0562 e. The first-order valence-corrected chi connectivity index (χ1v) is 16.9. The molecule has 0 aliphatic heterocycles. The summed E-state index contributed by atoms with van der Waals surface area (Å²) < 4.78 is 7.33. The zero-order valence-electron chi connectivity index (χ0n) is 26.6. The maximum atomic E-state index is 2.45. The molecule has 0 saturated heterocycles. The van der Waals surface area contributed by atoms with Crippen LogP contribution in [0, 0.1) is 0 Å². The molecule has 228 valence electrons. The highest BCUT2D eigenvalue weighted by atomic mass is 15.0. The van der Waals surface area contributed by atoms with Gasteiger partial charge in [-0.05, 0) is 71.4 Å². The minimum Gasteiger partial charge on any atom is -0.309 e. The SMILES string of the molecule is c1ccc2cc(-n3c4ccccc4c4ccc(-n5c6ccccc6c6c(-n7c8ccccc8c8ccccc87)cccc65)cc43)ccc2c1. The Labute approximate surface area is 282 Å². The summed E-state index contributed by atoms with van der Waals surface area (Å²) in [6.07, 6.45) is 0. The number of nitrogens with zero attached hydrogens (tertiary/aromatic N) is 3. The summed E-state index contributed by atoms with van der Waals surface area (Å²) in [4.78, 5) is 0. The van der Waals surface area contributed by atoms with Crippen LogP contribution < -0.4 is 0 Å². The molecule has 3 heteroatoms. The number of para-hydroxylation sites is 4. The van der Waals surface area contributed by atoms with E-state index in [9.17, 15) is 0 Å². The van der Waals surface area contributed by atoms with Crippen LogP contribution in [0.15, 0.2) is 176 Å². The van der Waals surface area contributed by atoms with E-state index in [1.807, 2.05) is 0 Å². The number of rotatable bonds is 3. The molecular weight excluding hydrogens is 595 g/mol. The second kappa shape index (κ2) is 9.96. The first kappa shape index (κ1) is 26.5. The fraction of sp³-hybridized carbons (Fsp3) is 0. The topological polar surface area (TPSA) is 14.8 Å². The second-order valence-corrected chi connectivity index (χ2v) is 13.0. The van der Waals surface area contributed by atoms with Crippen LogP contribution in [0.25, 0.3) is 93.3 Å². The lowest BCUT2D eigenvalue weighted by molar-refractivity contribution is 1.15. The van der Waals surface area contributed by atoms with Gasteiger partial charge in [-0.15, -0.1) is 0 Å². The zero-order chi connectivity index (χ0) is 32.1. The Hall–Kier alpha value is -6.58. The molecule has 3 aromatic heterocycles. The highest BCUT2D eigenvalue weighted by molar-refractivity contribution is 6.17. The molecule has 0 amide bonds. The second-order valence-electron chi connectivity index (χ2n) is 13.0. The third kappa shape index (κ3) is 3.67. The number of fused-ring (bicyclic) bond motifs is 10. The van der Waals surface area contributed by atoms with E-state index >= 15 is 0 Å². The van der Waals surface area contributed by atoms with Gasteiger partial charge in [-0.2, -0.15) is 0 Å². The molecule has 8 aromatic carbocycles. The van der Waals surface area contributed by atoms with E-state index in [0.717, 1.165) is 11.4 Å². The van der Waals surface area contributed by atoms with Crippen LogP contribution in [0.2, 0.25) is 0 Å². The molecule has 0 fully saturated rings. The Bertz CT molecular complexity index is 3060. The normalized spacial score (nSPS) is 12.1. The van der Waals surface area contributed by atoms with Crippen molar-refractivity contribution < 1.29 is 0 Å². The summed E-state index contributed by atoms with van der Waals surface area (Å²) in [5.74, 6) is 0. The van der Waals surface area contributed by atoms with Crippen molar-refractivity contribution in [3.8, 4) is 17.1 Å². The Kier molecular flexibility index (Phi) is 5.38. The predicted octanol–water partition coefficient (Wildman–Crippen LogP) is 12.1. The van der Waals surface area contributed by atoms with Gasteiger partial charge in [0.1, 0.15) is 0 Å². The van der Waals surface area contributed by atoms with Crippen molar-refractivity contribution >= 4 is 76.2 Å². The minimum atomic E-state index is 1.14. The largest absolute Gasteiger partial charge is 0.309 e. The van der Waals surface area contributed by atoms with Gasteiger partial charge in [0.25, 0.3) is 0 Å². The average Bonchev–Trinajstić information content (AvgIpc) is 3.80. The van der Waals surface area contributed by atoms with Gasteiger partial charge in [0.05, 0.1) is 38.8 Å². The third-order valence-corrected chi connectivity index (χ3v) is 10.4. The summed E-state index contributed by atoms with van der Waals surface area (Å²) in [5.41, 5.74) is 10.7. The number of hydrogen-bond donors (Lipinski definition) is 0. The van der Waals surface area contributed by atoms with Crippen molar-refractivity contribution in [1.29, 1.82) is 0 Å². The van der Waals surface area contributed by atoms with Crippen molar-refractivity contribution in [2.75, 3.05) is 0 Å². The molecule has 0 saturated carbocycles. The van der Waals surface area contributed by atoms with E-state index < -0.39 is 0 Å². The highest BCUT2D eigenvalue weighted by Crippen LogP contribution is 2.41. The van der Waals surface area contributed by atoms with E-state index in [-0.39, 0.29) is 0 Å². The molecule has 49 heavy (non-hydrogen) atoms. The summed E-state index contributed by atoms with van der Waals surface area (Å²) >= 11 is 0. The van der Waals surface area contributed by atoms with Gasteiger partial charge in [-0.25, -0.2) is 0 Å². The van der Waals surface area contributed by atoms with E-state index in [4.69, 9.17) is 0 Å². The molecule has 0 aliphatic carbocycles. The first-order valence-electron chi connectivity index (χ1n) is 16.9. The van der Waals surface area contributed by atoms with Crippen LogP contribution in [-0.4, -0.2) is 13.7 Å². The zero-order valence-corrected chi connectivity index (χ0v) is 26.6. The lowest BCUT2D eigenvalue weighted by atomic mass is 10.1. The van der Waals surface area contributed by atoms with Crippen molar-refractivity contribution in [2.45, 2.75) is 0 Å². The first-order chi connectivity index (χ1) is 24.3. The average molecular weight is 624 g/mol. The molecule has 0 aliphatic rings. The standard InChI is InChI=1S/C46H29N3/c1-2-13-31-28-32(25-24-30(31)12-1)48-39-18-7-3-16-36(39)37-27-26-33(29-45(37)48)47-42-21-10-6-17-38(42)46-43(47)22-11-23-44(46)49-40-19-8-4-14-34(40)35-15-5-9-20-41(35)49/h1-29H. The molecule has 11 aromatic rings. The Morgan fingerprint density at radius 1 is 0.265 bits per heavy atom. The van der Waals surface area contributed by atoms with Crippen molar-refractivity contribution in [3.05, 3.63) is 176 Å². The lowest BCUT2D eigenvalue weighted by Crippen LogP contribution is -1.98. The summed E-state index contributed by atoms with van der Waals surface area (Å²) in [7, 11) is 0. The van der Waals surface area contributed by atoms with Crippen LogP contribution in [0.1, 0.15) is 0 Å². The fourth-order valence-corrected chi connectivity index (χ4v) is 8.34. The van der Waals surface area contributed by atoms with Gasteiger partial charge in [0.15, 0.2) is 0 Å². The van der Waals surface area contributed by atoms with Gasteiger partial charge in [0.2, 0.25) is 0 Å². The molecule has 0 bridgehead atoms. The van der Waals surface area contributed by atoms with Crippen molar-refractivity contribution in [3.63, 3.8) is 0 Å². The molecule has 3 heterocycles. The van der Waals surface area contributed by atoms with Crippen LogP contribution >= 0.6 is 0 Å². The number of benzene rings is 8. The highest BCUT2D eigenvalue weighted by Gasteiger charge is 2.20. The molecule has 0 spiro atoms.